The van der Waals surface area contributed by atoms with Gasteiger partial charge in [-0.15, -0.1) is 0 Å². The van der Waals surface area contributed by atoms with E-state index in [0.29, 0.717) is 5.92 Å². The number of amides is 1. The molecule has 0 saturated heterocycles. The Hall–Kier alpha value is -0.670. The van der Waals surface area contributed by atoms with E-state index in [1.54, 1.807) is 0 Å². The number of rotatable bonds is 2. The Morgan fingerprint density at radius 3 is 2.29 bits per heavy atom. The zero-order chi connectivity index (χ0) is 12.2. The van der Waals surface area contributed by atoms with Crippen molar-refractivity contribution in [3.63, 3.8) is 0 Å². The van der Waals surface area contributed by atoms with E-state index in [9.17, 15) is 13.6 Å². The van der Waals surface area contributed by atoms with Crippen molar-refractivity contribution in [2.45, 2.75) is 51.0 Å². The second kappa shape index (κ2) is 3.66. The molecular formula is C13H19F2NO. The van der Waals surface area contributed by atoms with Crippen LogP contribution < -0.4 is 5.32 Å². The minimum absolute atomic E-state index is 0.0134. The Balaban J connectivity index is 1.84. The molecule has 4 aliphatic rings. The van der Waals surface area contributed by atoms with Gasteiger partial charge in [-0.25, -0.2) is 8.78 Å². The molecule has 0 aromatic heterocycles. The van der Waals surface area contributed by atoms with Gasteiger partial charge < -0.3 is 5.32 Å². The number of nitrogens with one attached hydrogen (secondary N) is 1. The first-order chi connectivity index (χ1) is 7.99. The van der Waals surface area contributed by atoms with Crippen molar-refractivity contribution in [2.24, 2.45) is 23.7 Å². The highest BCUT2D eigenvalue weighted by molar-refractivity contribution is 5.74. The molecule has 2 unspecified atom stereocenters. The van der Waals surface area contributed by atoms with E-state index < -0.39 is 12.3 Å². The molecule has 4 rings (SSSR count). The Morgan fingerprint density at radius 1 is 1.24 bits per heavy atom. The van der Waals surface area contributed by atoms with Crippen molar-refractivity contribution in [2.75, 3.05) is 0 Å². The summed E-state index contributed by atoms with van der Waals surface area (Å²) < 4.78 is 26.2. The van der Waals surface area contributed by atoms with Crippen LogP contribution in [0.15, 0.2) is 0 Å². The Morgan fingerprint density at radius 2 is 1.82 bits per heavy atom. The third-order valence-electron chi connectivity index (χ3n) is 5.08. The topological polar surface area (TPSA) is 29.1 Å². The van der Waals surface area contributed by atoms with Gasteiger partial charge in [0.25, 0.3) is 0 Å². The molecule has 4 aliphatic carbocycles. The lowest BCUT2D eigenvalue weighted by molar-refractivity contribution is -0.136. The zero-order valence-corrected chi connectivity index (χ0v) is 10.1. The molecule has 0 radical (unpaired) electrons. The van der Waals surface area contributed by atoms with Gasteiger partial charge in [-0.1, -0.05) is 0 Å². The summed E-state index contributed by atoms with van der Waals surface area (Å²) in [6, 6.07) is 0. The monoisotopic (exact) mass is 243 g/mol. The van der Waals surface area contributed by atoms with Crippen LogP contribution >= 0.6 is 0 Å². The van der Waals surface area contributed by atoms with E-state index >= 15 is 0 Å². The minimum atomic E-state index is -2.18. The molecule has 4 fully saturated rings. The summed E-state index contributed by atoms with van der Waals surface area (Å²) in [5.41, 5.74) is -0.145. The summed E-state index contributed by atoms with van der Waals surface area (Å²) in [6.45, 7) is 1.53. The van der Waals surface area contributed by atoms with Gasteiger partial charge in [0.2, 0.25) is 12.3 Å². The summed E-state index contributed by atoms with van der Waals surface area (Å²) in [7, 11) is 0. The highest BCUT2D eigenvalue weighted by Crippen LogP contribution is 2.59. The molecule has 4 heteroatoms. The Labute approximate surface area is 100 Å². The Kier molecular flexibility index (Phi) is 2.46. The third-order valence-corrected chi connectivity index (χ3v) is 5.08. The second-order valence-electron chi connectivity index (χ2n) is 6.34. The third kappa shape index (κ3) is 1.76. The lowest BCUT2D eigenvalue weighted by Gasteiger charge is -2.59. The normalized spacial score (nSPS) is 47.5. The zero-order valence-electron chi connectivity index (χ0n) is 10.1. The largest absolute Gasteiger partial charge is 0.351 e. The number of hydrogen-bond acceptors (Lipinski definition) is 1. The summed E-state index contributed by atoms with van der Waals surface area (Å²) in [5, 5.41) is 3.06. The highest BCUT2D eigenvalue weighted by Gasteiger charge is 2.57. The molecule has 0 aromatic rings. The van der Waals surface area contributed by atoms with Gasteiger partial charge in [0.1, 0.15) is 0 Å². The number of carbonyl (C=O) groups is 1. The molecule has 2 atom stereocenters. The van der Waals surface area contributed by atoms with Crippen molar-refractivity contribution in [3.8, 4) is 0 Å². The molecule has 4 bridgehead atoms. The summed E-state index contributed by atoms with van der Waals surface area (Å²) in [4.78, 5) is 11.3. The van der Waals surface area contributed by atoms with Crippen LogP contribution in [0, 0.1) is 23.7 Å². The molecule has 2 nitrogen and oxygen atoms in total. The lowest BCUT2D eigenvalue weighted by Crippen LogP contribution is -2.63. The van der Waals surface area contributed by atoms with Crippen LogP contribution in [0.3, 0.4) is 0 Å². The van der Waals surface area contributed by atoms with Crippen LogP contribution in [0.1, 0.15) is 39.0 Å². The average Bonchev–Trinajstić information content (AvgIpc) is 2.11. The summed E-state index contributed by atoms with van der Waals surface area (Å²) in [5.74, 6) is 0.407. The van der Waals surface area contributed by atoms with Crippen LogP contribution in [0.5, 0.6) is 0 Å². The van der Waals surface area contributed by atoms with E-state index in [1.807, 2.05) is 0 Å². The minimum Gasteiger partial charge on any atom is -0.351 e. The number of hydrogen-bond donors (Lipinski definition) is 1. The quantitative estimate of drug-likeness (QED) is 0.793. The Bertz CT molecular complexity index is 328. The fraction of sp³-hybridized carbons (Fsp3) is 0.923. The maximum atomic E-state index is 13.1. The molecule has 0 heterocycles. The van der Waals surface area contributed by atoms with Gasteiger partial charge >= 0.3 is 0 Å². The highest BCUT2D eigenvalue weighted by atomic mass is 19.3. The fourth-order valence-electron chi connectivity index (χ4n) is 5.00. The molecule has 17 heavy (non-hydrogen) atoms. The van der Waals surface area contributed by atoms with Crippen LogP contribution in [0.4, 0.5) is 8.78 Å². The van der Waals surface area contributed by atoms with E-state index in [-0.39, 0.29) is 23.3 Å². The van der Waals surface area contributed by atoms with Crippen molar-refractivity contribution < 1.29 is 13.6 Å². The van der Waals surface area contributed by atoms with Crippen molar-refractivity contribution in [1.29, 1.82) is 0 Å². The average molecular weight is 243 g/mol. The molecule has 1 amide bonds. The van der Waals surface area contributed by atoms with Crippen molar-refractivity contribution >= 4 is 5.91 Å². The summed E-state index contributed by atoms with van der Waals surface area (Å²) >= 11 is 0. The predicted octanol–water partition coefficient (Wildman–Crippen LogP) is 2.58. The first-order valence-corrected chi connectivity index (χ1v) is 6.56. The van der Waals surface area contributed by atoms with Crippen LogP contribution in [0.25, 0.3) is 0 Å². The van der Waals surface area contributed by atoms with Crippen LogP contribution in [-0.4, -0.2) is 17.9 Å². The standard InChI is InChI=1S/C13H19F2NO/c1-7(17)16-13-4-8-2-9(5-13)11(12(14)15)10(3-8)6-13/h8-12H,2-6H2,1H3,(H,16,17). The van der Waals surface area contributed by atoms with Gasteiger partial charge in [-0.2, -0.15) is 0 Å². The van der Waals surface area contributed by atoms with E-state index in [2.05, 4.69) is 5.32 Å². The SMILES string of the molecule is CC(=O)NC12CC3CC(C1)C(C(F)F)C(C3)C2. The lowest BCUT2D eigenvalue weighted by atomic mass is 9.49. The molecule has 4 saturated carbocycles. The number of carbonyl (C=O) groups excluding carboxylic acids is 1. The smallest absolute Gasteiger partial charge is 0.241 e. The molecule has 0 aromatic carbocycles. The molecule has 0 aliphatic heterocycles. The van der Waals surface area contributed by atoms with E-state index in [0.717, 1.165) is 32.1 Å². The van der Waals surface area contributed by atoms with Gasteiger partial charge in [-0.3, -0.25) is 4.79 Å². The molecule has 1 N–H and O–H groups in total. The van der Waals surface area contributed by atoms with Gasteiger partial charge in [0.15, 0.2) is 0 Å². The van der Waals surface area contributed by atoms with Crippen LogP contribution in [-0.2, 0) is 4.79 Å². The molecule has 0 spiro atoms. The van der Waals surface area contributed by atoms with Crippen LogP contribution in [0.2, 0.25) is 0 Å². The van der Waals surface area contributed by atoms with Crippen molar-refractivity contribution in [3.05, 3.63) is 0 Å². The first-order valence-electron chi connectivity index (χ1n) is 6.56. The van der Waals surface area contributed by atoms with Gasteiger partial charge in [0.05, 0.1) is 0 Å². The number of alkyl halides is 2. The maximum Gasteiger partial charge on any atom is 0.241 e. The maximum absolute atomic E-state index is 13.1. The predicted molar refractivity (Wildman–Crippen MR) is 59.6 cm³/mol. The number of halogens is 2. The van der Waals surface area contributed by atoms with E-state index in [1.165, 1.54) is 6.92 Å². The molecular weight excluding hydrogens is 224 g/mol. The van der Waals surface area contributed by atoms with Crippen molar-refractivity contribution in [1.82, 2.24) is 5.32 Å². The summed E-state index contributed by atoms with van der Waals surface area (Å²) in [6.07, 6.45) is 2.28. The fourth-order valence-corrected chi connectivity index (χ4v) is 5.00. The van der Waals surface area contributed by atoms with Gasteiger partial charge in [-0.05, 0) is 49.9 Å². The molecule has 96 valence electrons. The van der Waals surface area contributed by atoms with Gasteiger partial charge in [0, 0.05) is 18.4 Å². The second-order valence-corrected chi connectivity index (χ2v) is 6.34. The first kappa shape index (κ1) is 11.4. The van der Waals surface area contributed by atoms with E-state index in [4.69, 9.17) is 0 Å².